The maximum atomic E-state index is 13.7. The van der Waals surface area contributed by atoms with Crippen LogP contribution in [0.1, 0.15) is 34.9 Å². The number of hydrogen-bond acceptors (Lipinski definition) is 5. The van der Waals surface area contributed by atoms with Gasteiger partial charge in [0.15, 0.2) is 0 Å². The molecule has 0 radical (unpaired) electrons. The van der Waals surface area contributed by atoms with Gasteiger partial charge in [-0.15, -0.1) is 0 Å². The molecule has 1 aliphatic rings. The molecule has 0 spiro atoms. The van der Waals surface area contributed by atoms with E-state index < -0.39 is 16.8 Å². The summed E-state index contributed by atoms with van der Waals surface area (Å²) in [6.45, 7) is 1.16. The van der Waals surface area contributed by atoms with E-state index in [2.05, 4.69) is 5.32 Å². The van der Waals surface area contributed by atoms with E-state index in [0.717, 1.165) is 12.8 Å². The van der Waals surface area contributed by atoms with Crippen molar-refractivity contribution in [3.63, 3.8) is 0 Å². The quantitative estimate of drug-likeness (QED) is 0.599. The molecule has 1 aliphatic heterocycles. The predicted octanol–water partition coefficient (Wildman–Crippen LogP) is 3.12. The maximum absolute atomic E-state index is 13.7. The molecule has 1 heterocycles. The largest absolute Gasteiger partial charge is 0.386 e. The van der Waals surface area contributed by atoms with Crippen LogP contribution in [-0.4, -0.2) is 40.5 Å². The van der Waals surface area contributed by atoms with Crippen LogP contribution in [0.5, 0.6) is 0 Å². The van der Waals surface area contributed by atoms with Crippen LogP contribution in [0, 0.1) is 15.9 Å². The Hall–Kier alpha value is -3.00. The number of aliphatic hydroxyl groups is 1. The van der Waals surface area contributed by atoms with Crippen LogP contribution >= 0.6 is 0 Å². The summed E-state index contributed by atoms with van der Waals surface area (Å²) in [4.78, 5) is 24.9. The minimum absolute atomic E-state index is 0.00388. The number of halogens is 1. The molecule has 1 saturated heterocycles. The van der Waals surface area contributed by atoms with Gasteiger partial charge < -0.3 is 15.3 Å². The van der Waals surface area contributed by atoms with Gasteiger partial charge in [0.2, 0.25) is 0 Å². The number of nitro benzene ring substituents is 1. The Morgan fingerprint density at radius 3 is 2.63 bits per heavy atom. The predicted molar refractivity (Wildman–Crippen MR) is 98.1 cm³/mol. The van der Waals surface area contributed by atoms with Crippen molar-refractivity contribution in [2.24, 2.45) is 0 Å². The van der Waals surface area contributed by atoms with Crippen molar-refractivity contribution in [3.8, 4) is 0 Å². The van der Waals surface area contributed by atoms with Crippen LogP contribution in [0.4, 0.5) is 15.8 Å². The van der Waals surface area contributed by atoms with E-state index in [4.69, 9.17) is 0 Å². The average molecular weight is 373 g/mol. The highest BCUT2D eigenvalue weighted by Gasteiger charge is 2.27. The molecule has 27 heavy (non-hydrogen) atoms. The molecule has 8 heteroatoms. The van der Waals surface area contributed by atoms with E-state index in [9.17, 15) is 24.4 Å². The molecule has 3 rings (SSSR count). The highest BCUT2D eigenvalue weighted by Crippen LogP contribution is 2.26. The second-order valence-electron chi connectivity index (χ2n) is 6.41. The molecule has 0 aliphatic carbocycles. The van der Waals surface area contributed by atoms with Crippen LogP contribution in [-0.2, 0) is 0 Å². The number of nitrogens with zero attached hydrogens (tertiary/aromatic N) is 2. The summed E-state index contributed by atoms with van der Waals surface area (Å²) in [7, 11) is 0. The molecule has 142 valence electrons. The Morgan fingerprint density at radius 2 is 1.96 bits per heavy atom. The standard InChI is InChI=1S/C19H20FN3O4/c20-16-6-2-1-5-14(16)18(24)12-21-13-7-8-17(23(26)27)15(11-13)19(25)22-9-3-4-10-22/h1-2,5-8,11,18,21,24H,3-4,9-10,12H2. The molecule has 0 aromatic heterocycles. The van der Waals surface area contributed by atoms with Gasteiger partial charge in [0.05, 0.1) is 11.0 Å². The molecule has 1 amide bonds. The topological polar surface area (TPSA) is 95.7 Å². The lowest BCUT2D eigenvalue weighted by Gasteiger charge is -2.17. The Kier molecular flexibility index (Phi) is 5.66. The number of nitro groups is 1. The monoisotopic (exact) mass is 373 g/mol. The molecular formula is C19H20FN3O4. The van der Waals surface area contributed by atoms with Crippen LogP contribution in [0.25, 0.3) is 0 Å². The van der Waals surface area contributed by atoms with Crippen molar-refractivity contribution in [1.82, 2.24) is 4.90 Å². The van der Waals surface area contributed by atoms with Gasteiger partial charge in [-0.1, -0.05) is 18.2 Å². The summed E-state index contributed by atoms with van der Waals surface area (Å²) >= 11 is 0. The Morgan fingerprint density at radius 1 is 1.26 bits per heavy atom. The molecule has 1 atom stereocenters. The van der Waals surface area contributed by atoms with Crippen molar-refractivity contribution in [3.05, 3.63) is 69.5 Å². The second kappa shape index (κ2) is 8.13. The van der Waals surface area contributed by atoms with Crippen molar-refractivity contribution < 1.29 is 19.2 Å². The number of carbonyl (C=O) groups excluding carboxylic acids is 1. The second-order valence-corrected chi connectivity index (χ2v) is 6.41. The third-order valence-corrected chi connectivity index (χ3v) is 4.58. The first-order chi connectivity index (χ1) is 13.0. The fourth-order valence-corrected chi connectivity index (χ4v) is 3.14. The van der Waals surface area contributed by atoms with Gasteiger partial charge in [0, 0.05) is 37.0 Å². The van der Waals surface area contributed by atoms with Crippen LogP contribution < -0.4 is 5.32 Å². The zero-order valence-corrected chi connectivity index (χ0v) is 14.6. The first-order valence-electron chi connectivity index (χ1n) is 8.71. The van der Waals surface area contributed by atoms with Crippen molar-refractivity contribution in [2.75, 3.05) is 25.0 Å². The van der Waals surface area contributed by atoms with Gasteiger partial charge >= 0.3 is 0 Å². The van der Waals surface area contributed by atoms with E-state index >= 15 is 0 Å². The smallest absolute Gasteiger partial charge is 0.282 e. The van der Waals surface area contributed by atoms with E-state index in [1.807, 2.05) is 0 Å². The number of carbonyl (C=O) groups is 1. The summed E-state index contributed by atoms with van der Waals surface area (Å²) < 4.78 is 13.7. The summed E-state index contributed by atoms with van der Waals surface area (Å²) in [6, 6.07) is 10.0. The maximum Gasteiger partial charge on any atom is 0.282 e. The van der Waals surface area contributed by atoms with Gasteiger partial charge in [0.1, 0.15) is 11.4 Å². The number of likely N-dealkylation sites (tertiary alicyclic amines) is 1. The minimum Gasteiger partial charge on any atom is -0.386 e. The first kappa shape index (κ1) is 18.8. The molecule has 1 unspecified atom stereocenters. The molecule has 1 fully saturated rings. The Bertz CT molecular complexity index is 853. The molecule has 7 nitrogen and oxygen atoms in total. The molecule has 2 aromatic rings. The number of hydrogen-bond donors (Lipinski definition) is 2. The van der Waals surface area contributed by atoms with Gasteiger partial charge in [-0.3, -0.25) is 14.9 Å². The molecule has 0 bridgehead atoms. The highest BCUT2D eigenvalue weighted by atomic mass is 19.1. The molecule has 2 N–H and O–H groups in total. The number of nitrogens with one attached hydrogen (secondary N) is 1. The number of benzene rings is 2. The van der Waals surface area contributed by atoms with Gasteiger partial charge in [-0.2, -0.15) is 0 Å². The third kappa shape index (κ3) is 4.22. The summed E-state index contributed by atoms with van der Waals surface area (Å²) in [6.07, 6.45) is 0.664. The first-order valence-corrected chi connectivity index (χ1v) is 8.71. The number of aliphatic hydroxyl groups excluding tert-OH is 1. The molecular weight excluding hydrogens is 353 g/mol. The lowest BCUT2D eigenvalue weighted by atomic mass is 10.1. The van der Waals surface area contributed by atoms with Crippen molar-refractivity contribution in [2.45, 2.75) is 18.9 Å². The molecule has 0 saturated carbocycles. The minimum atomic E-state index is -1.10. The number of anilines is 1. The van der Waals surface area contributed by atoms with Crippen LogP contribution in [0.3, 0.4) is 0 Å². The summed E-state index contributed by atoms with van der Waals surface area (Å²) in [5.74, 6) is -0.891. The summed E-state index contributed by atoms with van der Waals surface area (Å²) in [5.41, 5.74) is 0.346. The average Bonchev–Trinajstić information content (AvgIpc) is 3.20. The van der Waals surface area contributed by atoms with E-state index in [0.29, 0.717) is 18.8 Å². The fourth-order valence-electron chi connectivity index (χ4n) is 3.14. The Balaban J connectivity index is 1.78. The molecule has 2 aromatic carbocycles. The normalized spacial score (nSPS) is 14.8. The van der Waals surface area contributed by atoms with Gasteiger partial charge in [-0.05, 0) is 31.0 Å². The highest BCUT2D eigenvalue weighted by molar-refractivity contribution is 5.99. The number of rotatable bonds is 6. The fraction of sp³-hybridized carbons (Fsp3) is 0.316. The third-order valence-electron chi connectivity index (χ3n) is 4.58. The number of amides is 1. The van der Waals surface area contributed by atoms with E-state index in [-0.39, 0.29) is 29.3 Å². The van der Waals surface area contributed by atoms with Crippen molar-refractivity contribution >= 4 is 17.3 Å². The van der Waals surface area contributed by atoms with Gasteiger partial charge in [-0.25, -0.2) is 4.39 Å². The zero-order chi connectivity index (χ0) is 19.4. The van der Waals surface area contributed by atoms with Crippen LogP contribution in [0.2, 0.25) is 0 Å². The summed E-state index contributed by atoms with van der Waals surface area (Å²) in [5, 5.41) is 24.4. The Labute approximate surface area is 155 Å². The zero-order valence-electron chi connectivity index (χ0n) is 14.6. The van der Waals surface area contributed by atoms with Crippen molar-refractivity contribution in [1.29, 1.82) is 0 Å². The lowest BCUT2D eigenvalue weighted by molar-refractivity contribution is -0.385. The SMILES string of the molecule is O=C(c1cc(NCC(O)c2ccccc2F)ccc1[N+](=O)[O-])N1CCCC1. The van der Waals surface area contributed by atoms with Crippen LogP contribution in [0.15, 0.2) is 42.5 Å². The van der Waals surface area contributed by atoms with Gasteiger partial charge in [0.25, 0.3) is 11.6 Å². The van der Waals surface area contributed by atoms with E-state index in [1.165, 1.54) is 36.4 Å². The lowest BCUT2D eigenvalue weighted by Crippen LogP contribution is -2.28. The van der Waals surface area contributed by atoms with E-state index in [1.54, 1.807) is 11.0 Å².